The van der Waals surface area contributed by atoms with Crippen molar-refractivity contribution in [3.05, 3.63) is 71.8 Å². The van der Waals surface area contributed by atoms with E-state index in [0.717, 1.165) is 17.4 Å². The van der Waals surface area contributed by atoms with Gasteiger partial charge in [0.05, 0.1) is 51.5 Å². The number of benzene rings is 2. The highest BCUT2D eigenvalue weighted by atomic mass is 32.2. The van der Waals surface area contributed by atoms with E-state index in [1.807, 2.05) is 60.7 Å². The highest BCUT2D eigenvalue weighted by molar-refractivity contribution is 7.85. The average molecular weight is 407 g/mol. The van der Waals surface area contributed by atoms with Crippen LogP contribution in [-0.2, 0) is 41.7 Å². The number of ether oxygens (including phenoxy) is 3. The van der Waals surface area contributed by atoms with E-state index in [0.29, 0.717) is 26.4 Å². The SMILES string of the molecule is CS(=O)(=O)OC[C@@H]1O[C@H](COCc2ccccc2)[C@H]1COCc1ccccc1. The van der Waals surface area contributed by atoms with Gasteiger partial charge in [0.15, 0.2) is 0 Å². The largest absolute Gasteiger partial charge is 0.376 e. The molecule has 2 aromatic rings. The molecule has 3 rings (SSSR count). The molecule has 1 saturated heterocycles. The van der Waals surface area contributed by atoms with E-state index in [4.69, 9.17) is 18.4 Å². The first-order chi connectivity index (χ1) is 13.5. The Bertz CT molecular complexity index is 809. The van der Waals surface area contributed by atoms with Crippen molar-refractivity contribution in [2.24, 2.45) is 5.92 Å². The molecular weight excluding hydrogens is 380 g/mol. The van der Waals surface area contributed by atoms with Gasteiger partial charge >= 0.3 is 0 Å². The molecule has 0 saturated carbocycles. The number of hydrogen-bond donors (Lipinski definition) is 0. The van der Waals surface area contributed by atoms with Crippen LogP contribution in [0.25, 0.3) is 0 Å². The minimum atomic E-state index is -3.50. The van der Waals surface area contributed by atoms with Crippen molar-refractivity contribution in [3.63, 3.8) is 0 Å². The molecule has 152 valence electrons. The summed E-state index contributed by atoms with van der Waals surface area (Å²) in [5.41, 5.74) is 2.18. The van der Waals surface area contributed by atoms with E-state index in [1.165, 1.54) is 0 Å². The van der Waals surface area contributed by atoms with E-state index in [2.05, 4.69) is 0 Å². The molecule has 0 spiro atoms. The lowest BCUT2D eigenvalue weighted by atomic mass is 9.91. The van der Waals surface area contributed by atoms with E-state index in [-0.39, 0.29) is 24.7 Å². The maximum absolute atomic E-state index is 11.3. The molecule has 0 bridgehead atoms. The molecule has 0 amide bonds. The molecule has 1 heterocycles. The minimum Gasteiger partial charge on any atom is -0.376 e. The summed E-state index contributed by atoms with van der Waals surface area (Å²) in [5, 5.41) is 0. The molecule has 0 radical (unpaired) electrons. The van der Waals surface area contributed by atoms with Crippen molar-refractivity contribution >= 4 is 10.1 Å². The number of rotatable bonds is 11. The summed E-state index contributed by atoms with van der Waals surface area (Å²) < 4.78 is 44.8. The van der Waals surface area contributed by atoms with Gasteiger partial charge in [0, 0.05) is 5.92 Å². The highest BCUT2D eigenvalue weighted by Crippen LogP contribution is 2.30. The second-order valence-corrected chi connectivity index (χ2v) is 8.51. The lowest BCUT2D eigenvalue weighted by molar-refractivity contribution is -0.230. The minimum absolute atomic E-state index is 0.00657. The summed E-state index contributed by atoms with van der Waals surface area (Å²) in [6.45, 7) is 1.86. The standard InChI is InChI=1S/C21H26O6S/c1-28(22,23)26-16-21-19(14-24-12-17-8-4-2-5-9-17)20(27-21)15-25-13-18-10-6-3-7-11-18/h2-11,19-21H,12-16H2,1H3/t19-,20-,21+/m1/s1. The Morgan fingerprint density at radius 3 is 1.82 bits per heavy atom. The van der Waals surface area contributed by atoms with Gasteiger partial charge in [-0.05, 0) is 11.1 Å². The molecule has 7 heteroatoms. The summed E-state index contributed by atoms with van der Waals surface area (Å²) in [7, 11) is -3.50. The molecule has 0 N–H and O–H groups in total. The molecule has 2 aromatic carbocycles. The highest BCUT2D eigenvalue weighted by Gasteiger charge is 2.43. The zero-order chi connectivity index (χ0) is 19.8. The molecule has 1 aliphatic heterocycles. The monoisotopic (exact) mass is 406 g/mol. The lowest BCUT2D eigenvalue weighted by Gasteiger charge is -2.44. The van der Waals surface area contributed by atoms with Gasteiger partial charge < -0.3 is 14.2 Å². The third-order valence-corrected chi connectivity index (χ3v) is 5.13. The van der Waals surface area contributed by atoms with Gasteiger partial charge in [0.1, 0.15) is 0 Å². The Morgan fingerprint density at radius 1 is 0.786 bits per heavy atom. The normalized spacial score (nSPS) is 22.0. The predicted octanol–water partition coefficient (Wildman–Crippen LogP) is 2.78. The third-order valence-electron chi connectivity index (χ3n) is 4.57. The quantitative estimate of drug-likeness (QED) is 0.535. The van der Waals surface area contributed by atoms with Crippen LogP contribution in [0.15, 0.2) is 60.7 Å². The maximum atomic E-state index is 11.3. The fourth-order valence-electron chi connectivity index (χ4n) is 3.06. The second kappa shape index (κ2) is 10.1. The zero-order valence-corrected chi connectivity index (χ0v) is 16.7. The summed E-state index contributed by atoms with van der Waals surface area (Å²) in [6, 6.07) is 19.8. The average Bonchev–Trinajstić information content (AvgIpc) is 2.67. The van der Waals surface area contributed by atoms with Crippen LogP contribution >= 0.6 is 0 Å². The van der Waals surface area contributed by atoms with Crippen LogP contribution in [0.4, 0.5) is 0 Å². The molecule has 0 aliphatic carbocycles. The third kappa shape index (κ3) is 6.68. The van der Waals surface area contributed by atoms with Crippen LogP contribution in [0.3, 0.4) is 0 Å². The van der Waals surface area contributed by atoms with Gasteiger partial charge in [-0.25, -0.2) is 0 Å². The van der Waals surface area contributed by atoms with Crippen LogP contribution in [0, 0.1) is 5.92 Å². The summed E-state index contributed by atoms with van der Waals surface area (Å²) in [4.78, 5) is 0. The lowest BCUT2D eigenvalue weighted by Crippen LogP contribution is -2.55. The first kappa shape index (κ1) is 21.0. The van der Waals surface area contributed by atoms with Crippen LogP contribution < -0.4 is 0 Å². The maximum Gasteiger partial charge on any atom is 0.264 e. The first-order valence-corrected chi connectivity index (χ1v) is 11.1. The van der Waals surface area contributed by atoms with Crippen molar-refractivity contribution in [3.8, 4) is 0 Å². The van der Waals surface area contributed by atoms with E-state index >= 15 is 0 Å². The summed E-state index contributed by atoms with van der Waals surface area (Å²) in [6.07, 6.45) is 0.566. The molecular formula is C21H26O6S. The van der Waals surface area contributed by atoms with Gasteiger partial charge in [-0.1, -0.05) is 60.7 Å². The van der Waals surface area contributed by atoms with Gasteiger partial charge in [-0.3, -0.25) is 4.18 Å². The summed E-state index contributed by atoms with van der Waals surface area (Å²) >= 11 is 0. The first-order valence-electron chi connectivity index (χ1n) is 9.24. The van der Waals surface area contributed by atoms with Crippen molar-refractivity contribution in [2.45, 2.75) is 25.4 Å². The number of hydrogen-bond acceptors (Lipinski definition) is 6. The molecule has 1 fully saturated rings. The smallest absolute Gasteiger partial charge is 0.264 e. The van der Waals surface area contributed by atoms with Crippen molar-refractivity contribution in [1.82, 2.24) is 0 Å². The Kier molecular flexibility index (Phi) is 7.58. The van der Waals surface area contributed by atoms with Crippen molar-refractivity contribution < 1.29 is 26.8 Å². The van der Waals surface area contributed by atoms with Crippen LogP contribution in [0.2, 0.25) is 0 Å². The van der Waals surface area contributed by atoms with E-state index in [9.17, 15) is 8.42 Å². The van der Waals surface area contributed by atoms with Gasteiger partial charge in [-0.2, -0.15) is 8.42 Å². The Labute approximate surface area is 166 Å². The Hall–Kier alpha value is -1.77. The molecule has 3 atom stereocenters. The fraction of sp³-hybridized carbons (Fsp3) is 0.429. The fourth-order valence-corrected chi connectivity index (χ4v) is 3.44. The van der Waals surface area contributed by atoms with Gasteiger partial charge in [-0.15, -0.1) is 0 Å². The van der Waals surface area contributed by atoms with Crippen LogP contribution in [-0.4, -0.2) is 46.7 Å². The molecule has 1 aliphatic rings. The molecule has 6 nitrogen and oxygen atoms in total. The zero-order valence-electron chi connectivity index (χ0n) is 15.9. The van der Waals surface area contributed by atoms with E-state index < -0.39 is 10.1 Å². The van der Waals surface area contributed by atoms with Crippen LogP contribution in [0.1, 0.15) is 11.1 Å². The predicted molar refractivity (Wildman–Crippen MR) is 105 cm³/mol. The van der Waals surface area contributed by atoms with Gasteiger partial charge in [0.2, 0.25) is 0 Å². The molecule has 28 heavy (non-hydrogen) atoms. The Morgan fingerprint density at radius 2 is 1.29 bits per heavy atom. The van der Waals surface area contributed by atoms with Crippen molar-refractivity contribution in [1.29, 1.82) is 0 Å². The molecule has 0 unspecified atom stereocenters. The second-order valence-electron chi connectivity index (χ2n) is 6.87. The topological polar surface area (TPSA) is 71.1 Å². The van der Waals surface area contributed by atoms with Crippen molar-refractivity contribution in [2.75, 3.05) is 26.1 Å². The van der Waals surface area contributed by atoms with Crippen LogP contribution in [0.5, 0.6) is 0 Å². The molecule has 0 aromatic heterocycles. The summed E-state index contributed by atoms with van der Waals surface area (Å²) in [5.74, 6) is 0.0150. The Balaban J connectivity index is 1.48. The van der Waals surface area contributed by atoms with Gasteiger partial charge in [0.25, 0.3) is 10.1 Å². The van der Waals surface area contributed by atoms with E-state index in [1.54, 1.807) is 0 Å².